The Labute approximate surface area is 130 Å². The molecule has 3 N–H and O–H groups in total. The number of hydrogen-bond acceptors (Lipinski definition) is 5. The number of aliphatic carboxylic acids is 1. The molecule has 3 rings (SSSR count). The number of rotatable bonds is 4. The smallest absolute Gasteiger partial charge is 0.325 e. The van der Waals surface area contributed by atoms with Crippen LogP contribution in [0.4, 0.5) is 11.6 Å². The maximum atomic E-state index is 12.4. The van der Waals surface area contributed by atoms with E-state index in [1.807, 2.05) is 0 Å². The number of aromatic nitrogens is 3. The SMILES string of the molecule is O=C(O)Cn1ccc(NC(=O)C2CC(=O)Nc3ncccc32)n1. The highest BCUT2D eigenvalue weighted by atomic mass is 16.4. The molecular formula is C14H13N5O4. The standard InChI is InChI=1S/C14H13N5O4/c20-11-6-9(8-2-1-4-15-13(8)17-11)14(23)16-10-3-5-19(18-10)7-12(21)22/h1-5,9H,6-7H2,(H,21,22)(H,15,17,20)(H,16,18,23). The normalized spacial score (nSPS) is 16.3. The molecule has 118 valence electrons. The van der Waals surface area contributed by atoms with Crippen molar-refractivity contribution < 1.29 is 19.5 Å². The number of anilines is 2. The summed E-state index contributed by atoms with van der Waals surface area (Å²) in [4.78, 5) is 38.8. The predicted octanol–water partition coefficient (Wildman–Crippen LogP) is 0.427. The lowest BCUT2D eigenvalue weighted by Crippen LogP contribution is -2.31. The Hall–Kier alpha value is -3.23. The first-order chi connectivity index (χ1) is 11.0. The van der Waals surface area contributed by atoms with Gasteiger partial charge in [0.25, 0.3) is 0 Å². The van der Waals surface area contributed by atoms with Gasteiger partial charge in [0, 0.05) is 30.4 Å². The fourth-order valence-corrected chi connectivity index (χ4v) is 2.38. The molecule has 2 aromatic rings. The maximum absolute atomic E-state index is 12.4. The fourth-order valence-electron chi connectivity index (χ4n) is 2.38. The van der Waals surface area contributed by atoms with Gasteiger partial charge in [-0.15, -0.1) is 0 Å². The van der Waals surface area contributed by atoms with Gasteiger partial charge in [-0.2, -0.15) is 5.10 Å². The van der Waals surface area contributed by atoms with Gasteiger partial charge in [-0.05, 0) is 6.07 Å². The summed E-state index contributed by atoms with van der Waals surface area (Å²) in [6, 6.07) is 4.92. The van der Waals surface area contributed by atoms with Crippen molar-refractivity contribution in [1.29, 1.82) is 0 Å². The quantitative estimate of drug-likeness (QED) is 0.751. The zero-order valence-electron chi connectivity index (χ0n) is 11.9. The van der Waals surface area contributed by atoms with Gasteiger partial charge in [-0.1, -0.05) is 6.07 Å². The number of fused-ring (bicyclic) bond motifs is 1. The lowest BCUT2D eigenvalue weighted by Gasteiger charge is -2.23. The van der Waals surface area contributed by atoms with Gasteiger partial charge in [0.2, 0.25) is 11.8 Å². The lowest BCUT2D eigenvalue weighted by atomic mass is 9.92. The summed E-state index contributed by atoms with van der Waals surface area (Å²) in [5.74, 6) is -1.78. The van der Waals surface area contributed by atoms with Gasteiger partial charge in [-0.3, -0.25) is 19.1 Å². The average molecular weight is 315 g/mol. The first-order valence-electron chi connectivity index (χ1n) is 6.84. The average Bonchev–Trinajstić information content (AvgIpc) is 2.92. The third kappa shape index (κ3) is 3.18. The molecule has 0 aliphatic carbocycles. The van der Waals surface area contributed by atoms with Crippen molar-refractivity contribution in [1.82, 2.24) is 14.8 Å². The molecule has 1 atom stereocenters. The first kappa shape index (κ1) is 14.7. The van der Waals surface area contributed by atoms with Gasteiger partial charge in [0.15, 0.2) is 5.82 Å². The van der Waals surface area contributed by atoms with Crippen LogP contribution in [-0.4, -0.2) is 37.7 Å². The van der Waals surface area contributed by atoms with E-state index in [2.05, 4.69) is 20.7 Å². The Morgan fingerprint density at radius 1 is 1.43 bits per heavy atom. The van der Waals surface area contributed by atoms with E-state index in [9.17, 15) is 14.4 Å². The van der Waals surface area contributed by atoms with Crippen LogP contribution in [0.5, 0.6) is 0 Å². The summed E-state index contributed by atoms with van der Waals surface area (Å²) in [6.07, 6.45) is 3.00. The summed E-state index contributed by atoms with van der Waals surface area (Å²) in [5.41, 5.74) is 0.634. The Bertz CT molecular complexity index is 785. The first-order valence-corrected chi connectivity index (χ1v) is 6.84. The summed E-state index contributed by atoms with van der Waals surface area (Å²) in [6.45, 7) is -0.297. The number of pyridine rings is 1. The number of carboxylic acid groups (broad SMARTS) is 1. The van der Waals surface area contributed by atoms with E-state index in [1.165, 1.54) is 23.1 Å². The van der Waals surface area contributed by atoms with Gasteiger partial charge < -0.3 is 15.7 Å². The monoisotopic (exact) mass is 315 g/mol. The van der Waals surface area contributed by atoms with Crippen molar-refractivity contribution in [3.63, 3.8) is 0 Å². The Morgan fingerprint density at radius 3 is 3.04 bits per heavy atom. The van der Waals surface area contributed by atoms with Crippen molar-refractivity contribution in [3.8, 4) is 0 Å². The van der Waals surface area contributed by atoms with E-state index >= 15 is 0 Å². The van der Waals surface area contributed by atoms with Crippen LogP contribution < -0.4 is 10.6 Å². The maximum Gasteiger partial charge on any atom is 0.325 e. The zero-order valence-corrected chi connectivity index (χ0v) is 11.9. The van der Waals surface area contributed by atoms with Crippen molar-refractivity contribution in [2.45, 2.75) is 18.9 Å². The molecule has 0 fully saturated rings. The summed E-state index contributed by atoms with van der Waals surface area (Å²) in [5, 5.41) is 17.9. The van der Waals surface area contributed by atoms with Crippen LogP contribution in [0, 0.1) is 0 Å². The van der Waals surface area contributed by atoms with Gasteiger partial charge in [-0.25, -0.2) is 4.98 Å². The van der Waals surface area contributed by atoms with E-state index in [0.29, 0.717) is 11.4 Å². The lowest BCUT2D eigenvalue weighted by molar-refractivity contribution is -0.137. The molecule has 0 spiro atoms. The van der Waals surface area contributed by atoms with E-state index in [-0.39, 0.29) is 24.7 Å². The van der Waals surface area contributed by atoms with Crippen LogP contribution in [-0.2, 0) is 20.9 Å². The molecule has 0 saturated carbocycles. The molecule has 2 amide bonds. The molecule has 2 aromatic heterocycles. The molecule has 0 radical (unpaired) electrons. The molecule has 1 aliphatic heterocycles. The third-order valence-corrected chi connectivity index (χ3v) is 3.37. The van der Waals surface area contributed by atoms with E-state index < -0.39 is 17.8 Å². The van der Waals surface area contributed by atoms with Crippen molar-refractivity contribution in [2.24, 2.45) is 0 Å². The number of hydrogen-bond donors (Lipinski definition) is 3. The number of carboxylic acids is 1. The minimum atomic E-state index is -1.03. The molecule has 0 bridgehead atoms. The van der Waals surface area contributed by atoms with Crippen LogP contribution in [0.1, 0.15) is 17.9 Å². The molecule has 9 heteroatoms. The number of carbonyl (C=O) groups excluding carboxylic acids is 2. The van der Waals surface area contributed by atoms with Crippen LogP contribution >= 0.6 is 0 Å². The predicted molar refractivity (Wildman–Crippen MR) is 78.7 cm³/mol. The number of nitrogens with one attached hydrogen (secondary N) is 2. The van der Waals surface area contributed by atoms with E-state index in [0.717, 1.165) is 0 Å². The molecule has 1 unspecified atom stereocenters. The molecule has 23 heavy (non-hydrogen) atoms. The molecule has 0 saturated heterocycles. The van der Waals surface area contributed by atoms with Gasteiger partial charge in [0.05, 0.1) is 5.92 Å². The van der Waals surface area contributed by atoms with Crippen LogP contribution in [0.25, 0.3) is 0 Å². The van der Waals surface area contributed by atoms with Gasteiger partial charge in [0.1, 0.15) is 12.4 Å². The molecule has 9 nitrogen and oxygen atoms in total. The molecule has 1 aliphatic rings. The van der Waals surface area contributed by atoms with E-state index in [4.69, 9.17) is 5.11 Å². The summed E-state index contributed by atoms with van der Waals surface area (Å²) in [7, 11) is 0. The second kappa shape index (κ2) is 5.87. The second-order valence-corrected chi connectivity index (χ2v) is 5.03. The summed E-state index contributed by atoms with van der Waals surface area (Å²) < 4.78 is 1.20. The van der Waals surface area contributed by atoms with Crippen molar-refractivity contribution in [3.05, 3.63) is 36.2 Å². The van der Waals surface area contributed by atoms with Gasteiger partial charge >= 0.3 is 5.97 Å². The highest BCUT2D eigenvalue weighted by Gasteiger charge is 2.31. The molecule has 0 aromatic carbocycles. The molecular weight excluding hydrogens is 302 g/mol. The zero-order chi connectivity index (χ0) is 16.4. The van der Waals surface area contributed by atoms with Crippen molar-refractivity contribution in [2.75, 3.05) is 10.6 Å². The van der Waals surface area contributed by atoms with Crippen LogP contribution in [0.15, 0.2) is 30.6 Å². The summed E-state index contributed by atoms with van der Waals surface area (Å²) >= 11 is 0. The Balaban J connectivity index is 1.77. The second-order valence-electron chi connectivity index (χ2n) is 5.03. The number of carbonyl (C=O) groups is 3. The third-order valence-electron chi connectivity index (χ3n) is 3.37. The highest BCUT2D eigenvalue weighted by Crippen LogP contribution is 2.31. The Kier molecular flexibility index (Phi) is 3.75. The van der Waals surface area contributed by atoms with Crippen LogP contribution in [0.3, 0.4) is 0 Å². The minimum Gasteiger partial charge on any atom is -0.480 e. The minimum absolute atomic E-state index is 0.0142. The number of nitrogens with zero attached hydrogens (tertiary/aromatic N) is 3. The number of amides is 2. The van der Waals surface area contributed by atoms with E-state index in [1.54, 1.807) is 12.1 Å². The largest absolute Gasteiger partial charge is 0.480 e. The fraction of sp³-hybridized carbons (Fsp3) is 0.214. The highest BCUT2D eigenvalue weighted by molar-refractivity contribution is 6.04. The van der Waals surface area contributed by atoms with Crippen molar-refractivity contribution >= 4 is 29.4 Å². The molecule has 3 heterocycles. The van der Waals surface area contributed by atoms with Crippen LogP contribution in [0.2, 0.25) is 0 Å². The topological polar surface area (TPSA) is 126 Å². The Morgan fingerprint density at radius 2 is 2.26 bits per heavy atom.